The van der Waals surface area contributed by atoms with Crippen molar-refractivity contribution in [1.82, 2.24) is 20.7 Å². The summed E-state index contributed by atoms with van der Waals surface area (Å²) in [5.74, 6) is -0.622. The summed E-state index contributed by atoms with van der Waals surface area (Å²) in [5.41, 5.74) is 2.05. The fraction of sp³-hybridized carbons (Fsp3) is 0.391. The number of ether oxygens (including phenoxy) is 1. The number of aromatic nitrogens is 1. The maximum Gasteiger partial charge on any atom is 0.252 e. The third-order valence-corrected chi connectivity index (χ3v) is 4.97. The van der Waals surface area contributed by atoms with Gasteiger partial charge < -0.3 is 15.4 Å². The zero-order chi connectivity index (χ0) is 23.3. The molecule has 0 saturated carbocycles. The lowest BCUT2D eigenvalue weighted by molar-refractivity contribution is -0.154. The van der Waals surface area contributed by atoms with Crippen molar-refractivity contribution in [2.45, 2.75) is 32.6 Å². The molecule has 9 heteroatoms. The van der Waals surface area contributed by atoms with Crippen molar-refractivity contribution in [3.05, 3.63) is 48.3 Å². The van der Waals surface area contributed by atoms with Gasteiger partial charge in [0, 0.05) is 17.3 Å². The van der Waals surface area contributed by atoms with Crippen LogP contribution >= 0.6 is 0 Å². The molecule has 0 radical (unpaired) electrons. The van der Waals surface area contributed by atoms with Crippen molar-refractivity contribution in [2.24, 2.45) is 5.92 Å². The van der Waals surface area contributed by atoms with Gasteiger partial charge in [-0.25, -0.2) is 5.06 Å². The van der Waals surface area contributed by atoms with Crippen LogP contribution in [0.1, 0.15) is 43.0 Å². The van der Waals surface area contributed by atoms with Crippen molar-refractivity contribution >= 4 is 18.2 Å². The highest BCUT2D eigenvalue weighted by atomic mass is 16.5. The first-order valence-electron chi connectivity index (χ1n) is 10.5. The number of pyridine rings is 1. The zero-order valence-corrected chi connectivity index (χ0v) is 18.4. The number of hydrogen-bond acceptors (Lipinski definition) is 6. The number of rotatable bonds is 13. The molecule has 9 nitrogen and oxygen atoms in total. The number of carbonyl (C=O) groups excluding carboxylic acids is 3. The van der Waals surface area contributed by atoms with Crippen LogP contribution in [-0.2, 0) is 9.59 Å². The summed E-state index contributed by atoms with van der Waals surface area (Å²) in [6.07, 6.45) is 6.84. The number of nitrogens with one attached hydrogen (secondary N) is 2. The molecule has 0 spiro atoms. The standard InChI is InChI=1S/C23H30N4O5/c1-3-4-5-7-19(14-27(31)16-28)23(30)26-15-25-22(29)18-9-6-8-17(10-18)20-11-21(32-2)13-24-12-20/h6,8-13,16,19,31H,3-5,7,14-15H2,1-2H3,(H,25,29)(H,26,30). The normalized spacial score (nSPS) is 11.3. The summed E-state index contributed by atoms with van der Waals surface area (Å²) >= 11 is 0. The van der Waals surface area contributed by atoms with Gasteiger partial charge in [-0.15, -0.1) is 0 Å². The van der Waals surface area contributed by atoms with E-state index in [1.165, 1.54) is 0 Å². The van der Waals surface area contributed by atoms with E-state index >= 15 is 0 Å². The quantitative estimate of drug-likeness (QED) is 0.144. The average molecular weight is 443 g/mol. The van der Waals surface area contributed by atoms with Gasteiger partial charge in [0.1, 0.15) is 5.75 Å². The molecule has 32 heavy (non-hydrogen) atoms. The van der Waals surface area contributed by atoms with Gasteiger partial charge in [-0.05, 0) is 30.2 Å². The first-order valence-corrected chi connectivity index (χ1v) is 10.5. The predicted octanol–water partition coefficient (Wildman–Crippen LogP) is 2.60. The van der Waals surface area contributed by atoms with Gasteiger partial charge in [-0.3, -0.25) is 24.6 Å². The lowest BCUT2D eigenvalue weighted by Gasteiger charge is -2.19. The maximum atomic E-state index is 12.5. The van der Waals surface area contributed by atoms with Crippen LogP contribution in [0.5, 0.6) is 5.75 Å². The molecule has 1 heterocycles. The van der Waals surface area contributed by atoms with Crippen molar-refractivity contribution in [2.75, 3.05) is 20.3 Å². The van der Waals surface area contributed by atoms with Gasteiger partial charge in [0.05, 0.1) is 32.4 Å². The van der Waals surface area contributed by atoms with Gasteiger partial charge in [-0.1, -0.05) is 38.3 Å². The summed E-state index contributed by atoms with van der Waals surface area (Å²) in [7, 11) is 1.56. The van der Waals surface area contributed by atoms with Crippen molar-refractivity contribution in [3.63, 3.8) is 0 Å². The van der Waals surface area contributed by atoms with Gasteiger partial charge in [0.15, 0.2) is 0 Å². The summed E-state index contributed by atoms with van der Waals surface area (Å²) in [6.45, 7) is 1.89. The second-order valence-corrected chi connectivity index (χ2v) is 7.34. The molecule has 0 aliphatic rings. The number of amides is 3. The number of hydroxylamine groups is 2. The molecule has 3 N–H and O–H groups in total. The summed E-state index contributed by atoms with van der Waals surface area (Å²) in [6, 6.07) is 8.86. The smallest absolute Gasteiger partial charge is 0.252 e. The minimum absolute atomic E-state index is 0.0700. The second-order valence-electron chi connectivity index (χ2n) is 7.34. The molecule has 1 atom stereocenters. The zero-order valence-electron chi connectivity index (χ0n) is 18.4. The van der Waals surface area contributed by atoms with E-state index in [1.54, 1.807) is 37.7 Å². The fourth-order valence-corrected chi connectivity index (χ4v) is 3.20. The van der Waals surface area contributed by atoms with E-state index in [4.69, 9.17) is 4.74 Å². The SMILES string of the molecule is CCCCCC(CN(O)C=O)C(=O)NCNC(=O)c1cccc(-c2cncc(OC)c2)c1. The molecular formula is C23H30N4O5. The lowest BCUT2D eigenvalue weighted by atomic mass is 10.0. The second kappa shape index (κ2) is 13.1. The van der Waals surface area contributed by atoms with Crippen LogP contribution in [-0.4, -0.2) is 53.8 Å². The molecule has 0 saturated heterocycles. The Labute approximate surface area is 187 Å². The lowest BCUT2D eigenvalue weighted by Crippen LogP contribution is -2.43. The van der Waals surface area contributed by atoms with Crippen LogP contribution in [0, 0.1) is 5.92 Å². The molecule has 1 aromatic heterocycles. The third-order valence-electron chi connectivity index (χ3n) is 4.97. The van der Waals surface area contributed by atoms with Gasteiger partial charge in [-0.2, -0.15) is 0 Å². The number of benzene rings is 1. The number of nitrogens with zero attached hydrogens (tertiary/aromatic N) is 2. The molecule has 2 aromatic rings. The topological polar surface area (TPSA) is 121 Å². The van der Waals surface area contributed by atoms with Crippen LogP contribution in [0.15, 0.2) is 42.7 Å². The molecule has 0 fully saturated rings. The van der Waals surface area contributed by atoms with Crippen LogP contribution < -0.4 is 15.4 Å². The van der Waals surface area contributed by atoms with Crippen LogP contribution in [0.3, 0.4) is 0 Å². The molecule has 0 aliphatic heterocycles. The fourth-order valence-electron chi connectivity index (χ4n) is 3.20. The highest BCUT2D eigenvalue weighted by Gasteiger charge is 2.20. The minimum atomic E-state index is -0.558. The van der Waals surface area contributed by atoms with E-state index in [2.05, 4.69) is 15.6 Å². The van der Waals surface area contributed by atoms with Crippen molar-refractivity contribution in [3.8, 4) is 16.9 Å². The Morgan fingerprint density at radius 3 is 2.72 bits per heavy atom. The first-order chi connectivity index (χ1) is 15.5. The summed E-state index contributed by atoms with van der Waals surface area (Å²) in [4.78, 5) is 39.8. The number of unbranched alkanes of at least 4 members (excludes halogenated alkanes) is 2. The molecule has 1 aromatic carbocycles. The molecule has 2 rings (SSSR count). The molecular weight excluding hydrogens is 412 g/mol. The van der Waals surface area contributed by atoms with E-state index in [0.717, 1.165) is 30.4 Å². The minimum Gasteiger partial charge on any atom is -0.495 e. The Hall–Kier alpha value is -3.46. The summed E-state index contributed by atoms with van der Waals surface area (Å²) in [5, 5.41) is 15.2. The van der Waals surface area contributed by atoms with Crippen LogP contribution in [0.4, 0.5) is 0 Å². The van der Waals surface area contributed by atoms with Gasteiger partial charge in [0.25, 0.3) is 5.91 Å². The highest BCUT2D eigenvalue weighted by molar-refractivity contribution is 5.95. The largest absolute Gasteiger partial charge is 0.495 e. The summed E-state index contributed by atoms with van der Waals surface area (Å²) < 4.78 is 5.19. The highest BCUT2D eigenvalue weighted by Crippen LogP contribution is 2.23. The van der Waals surface area contributed by atoms with Gasteiger partial charge in [0.2, 0.25) is 12.3 Å². The molecule has 1 unspecified atom stereocenters. The van der Waals surface area contributed by atoms with Crippen LogP contribution in [0.25, 0.3) is 11.1 Å². The van der Waals surface area contributed by atoms with Crippen molar-refractivity contribution < 1.29 is 24.3 Å². The average Bonchev–Trinajstić information content (AvgIpc) is 2.83. The number of carbonyl (C=O) groups is 3. The molecule has 0 aliphatic carbocycles. The Kier molecular flexibility index (Phi) is 10.1. The third kappa shape index (κ3) is 7.66. The predicted molar refractivity (Wildman–Crippen MR) is 119 cm³/mol. The number of methoxy groups -OCH3 is 1. The maximum absolute atomic E-state index is 12.5. The Morgan fingerprint density at radius 1 is 1.19 bits per heavy atom. The Balaban J connectivity index is 1.94. The van der Waals surface area contributed by atoms with E-state index in [1.807, 2.05) is 19.1 Å². The van der Waals surface area contributed by atoms with E-state index < -0.39 is 5.92 Å². The molecule has 172 valence electrons. The Morgan fingerprint density at radius 2 is 2.00 bits per heavy atom. The van der Waals surface area contributed by atoms with Crippen LogP contribution in [0.2, 0.25) is 0 Å². The molecule has 3 amide bonds. The van der Waals surface area contributed by atoms with Gasteiger partial charge >= 0.3 is 0 Å². The molecule has 0 bridgehead atoms. The Bertz CT molecular complexity index is 905. The van der Waals surface area contributed by atoms with E-state index in [0.29, 0.717) is 22.8 Å². The first kappa shape index (κ1) is 24.8. The monoisotopic (exact) mass is 442 g/mol. The van der Waals surface area contributed by atoms with E-state index in [9.17, 15) is 19.6 Å². The van der Waals surface area contributed by atoms with E-state index in [-0.39, 0.29) is 31.4 Å². The van der Waals surface area contributed by atoms with Crippen molar-refractivity contribution in [1.29, 1.82) is 0 Å². The number of hydrogen-bond donors (Lipinski definition) is 3.